The Bertz CT molecular complexity index is 349. The van der Waals surface area contributed by atoms with Gasteiger partial charge in [0, 0.05) is 12.6 Å². The fourth-order valence-corrected chi connectivity index (χ4v) is 1.44. The second-order valence-corrected chi connectivity index (χ2v) is 3.32. The molecule has 2 rings (SSSR count). The molecule has 14 heavy (non-hydrogen) atoms. The van der Waals surface area contributed by atoms with Gasteiger partial charge in [-0.2, -0.15) is 0 Å². The first kappa shape index (κ1) is 9.01. The number of primary amides is 1. The first-order valence-electron chi connectivity index (χ1n) is 4.43. The van der Waals surface area contributed by atoms with Crippen LogP contribution in [0.2, 0.25) is 0 Å². The fraction of sp³-hybridized carbons (Fsp3) is 0.500. The van der Waals surface area contributed by atoms with Crippen LogP contribution in [0.1, 0.15) is 12.2 Å². The van der Waals surface area contributed by atoms with E-state index in [1.54, 1.807) is 11.1 Å². The van der Waals surface area contributed by atoms with Gasteiger partial charge >= 0.3 is 0 Å². The van der Waals surface area contributed by atoms with E-state index in [1.807, 2.05) is 6.92 Å². The lowest BCUT2D eigenvalue weighted by molar-refractivity contribution is -0.119. The van der Waals surface area contributed by atoms with Gasteiger partial charge in [-0.3, -0.25) is 9.80 Å². The number of carbonyl (C=O) groups excluding carboxylic acids is 1. The third-order valence-electron chi connectivity index (χ3n) is 2.19. The highest BCUT2D eigenvalue weighted by atomic mass is 16.5. The smallest absolute Gasteiger partial charge is 0.236 e. The van der Waals surface area contributed by atoms with Crippen LogP contribution in [0.15, 0.2) is 10.6 Å². The van der Waals surface area contributed by atoms with E-state index in [9.17, 15) is 4.79 Å². The lowest BCUT2D eigenvalue weighted by atomic mass is 10.2. The molecular weight excluding hydrogens is 184 g/mol. The summed E-state index contributed by atoms with van der Waals surface area (Å²) in [6.07, 6.45) is 0.696. The molecule has 1 aliphatic rings. The Balaban J connectivity index is 2.05. The second kappa shape index (κ2) is 3.30. The van der Waals surface area contributed by atoms with E-state index in [-0.39, 0.29) is 11.9 Å². The van der Waals surface area contributed by atoms with Crippen LogP contribution < -0.4 is 16.2 Å². The molecule has 1 amide bonds. The third kappa shape index (κ3) is 1.56. The van der Waals surface area contributed by atoms with Crippen LogP contribution in [-0.4, -0.2) is 23.7 Å². The van der Waals surface area contributed by atoms with Crippen LogP contribution in [0, 0.1) is 6.92 Å². The van der Waals surface area contributed by atoms with E-state index in [0.717, 1.165) is 5.76 Å². The SMILES string of the molecule is Cc1cc(N2CCC(C(N)=O)N2)no1. The molecule has 0 saturated carbocycles. The van der Waals surface area contributed by atoms with Crippen molar-refractivity contribution in [2.75, 3.05) is 11.6 Å². The lowest BCUT2D eigenvalue weighted by Crippen LogP contribution is -2.42. The number of aromatic nitrogens is 1. The van der Waals surface area contributed by atoms with Gasteiger partial charge in [-0.15, -0.1) is 0 Å². The minimum Gasteiger partial charge on any atom is -0.368 e. The normalized spacial score (nSPS) is 21.5. The van der Waals surface area contributed by atoms with Gasteiger partial charge in [0.05, 0.1) is 0 Å². The second-order valence-electron chi connectivity index (χ2n) is 3.32. The maximum absolute atomic E-state index is 10.9. The lowest BCUT2D eigenvalue weighted by Gasteiger charge is -2.14. The van der Waals surface area contributed by atoms with Crippen molar-refractivity contribution in [2.24, 2.45) is 5.73 Å². The molecule has 3 N–H and O–H groups in total. The number of nitrogens with one attached hydrogen (secondary N) is 1. The molecule has 0 aliphatic carbocycles. The summed E-state index contributed by atoms with van der Waals surface area (Å²) in [5, 5.41) is 5.60. The Labute approximate surface area is 81.0 Å². The largest absolute Gasteiger partial charge is 0.368 e. The molecule has 1 saturated heterocycles. The zero-order valence-corrected chi connectivity index (χ0v) is 7.86. The van der Waals surface area contributed by atoms with E-state index < -0.39 is 0 Å². The molecule has 6 nitrogen and oxygen atoms in total. The molecular formula is C8H12N4O2. The molecule has 1 unspecified atom stereocenters. The van der Waals surface area contributed by atoms with Gasteiger partial charge in [-0.25, -0.2) is 5.43 Å². The van der Waals surface area contributed by atoms with Gasteiger partial charge in [0.15, 0.2) is 5.82 Å². The number of hydrogen-bond acceptors (Lipinski definition) is 5. The molecule has 6 heteroatoms. The summed E-state index contributed by atoms with van der Waals surface area (Å²) in [5.41, 5.74) is 8.13. The van der Waals surface area contributed by atoms with Gasteiger partial charge in [-0.05, 0) is 13.3 Å². The van der Waals surface area contributed by atoms with Crippen molar-refractivity contribution in [1.29, 1.82) is 0 Å². The highest BCUT2D eigenvalue weighted by Crippen LogP contribution is 2.16. The Kier molecular flexibility index (Phi) is 2.12. The van der Waals surface area contributed by atoms with Crippen LogP contribution in [0.3, 0.4) is 0 Å². The van der Waals surface area contributed by atoms with E-state index in [2.05, 4.69) is 10.6 Å². The minimum absolute atomic E-state index is 0.299. The average molecular weight is 196 g/mol. The number of aryl methyl sites for hydroxylation is 1. The molecule has 1 fully saturated rings. The number of carbonyl (C=O) groups is 1. The van der Waals surface area contributed by atoms with E-state index in [1.165, 1.54) is 0 Å². The van der Waals surface area contributed by atoms with Crippen LogP contribution >= 0.6 is 0 Å². The maximum atomic E-state index is 10.9. The molecule has 1 aromatic heterocycles. The molecule has 0 bridgehead atoms. The van der Waals surface area contributed by atoms with Crippen molar-refractivity contribution in [3.63, 3.8) is 0 Å². The summed E-state index contributed by atoms with van der Waals surface area (Å²) >= 11 is 0. The Morgan fingerprint density at radius 3 is 3.14 bits per heavy atom. The number of amides is 1. The Hall–Kier alpha value is -1.56. The van der Waals surface area contributed by atoms with E-state index in [4.69, 9.17) is 10.3 Å². The van der Waals surface area contributed by atoms with Crippen molar-refractivity contribution in [3.05, 3.63) is 11.8 Å². The monoisotopic (exact) mass is 196 g/mol. The number of hydrogen-bond donors (Lipinski definition) is 2. The molecule has 2 heterocycles. The zero-order chi connectivity index (χ0) is 10.1. The summed E-state index contributed by atoms with van der Waals surface area (Å²) < 4.78 is 4.92. The number of nitrogens with two attached hydrogens (primary N) is 1. The van der Waals surface area contributed by atoms with Crippen molar-refractivity contribution >= 4 is 11.7 Å². The van der Waals surface area contributed by atoms with Crippen LogP contribution in [0.4, 0.5) is 5.82 Å². The summed E-state index contributed by atoms with van der Waals surface area (Å²) in [5.74, 6) is 1.09. The van der Waals surface area contributed by atoms with Crippen LogP contribution in [0.25, 0.3) is 0 Å². The number of anilines is 1. The van der Waals surface area contributed by atoms with Gasteiger partial charge < -0.3 is 10.3 Å². The number of rotatable bonds is 2. The van der Waals surface area contributed by atoms with Crippen molar-refractivity contribution in [2.45, 2.75) is 19.4 Å². The molecule has 0 spiro atoms. The predicted octanol–water partition coefficient (Wildman–Crippen LogP) is -0.448. The van der Waals surface area contributed by atoms with Crippen molar-refractivity contribution < 1.29 is 9.32 Å². The highest BCUT2D eigenvalue weighted by molar-refractivity contribution is 5.80. The maximum Gasteiger partial charge on any atom is 0.236 e. The van der Waals surface area contributed by atoms with Crippen molar-refractivity contribution in [1.82, 2.24) is 10.6 Å². The van der Waals surface area contributed by atoms with E-state index in [0.29, 0.717) is 18.8 Å². The topological polar surface area (TPSA) is 84.4 Å². The van der Waals surface area contributed by atoms with Gasteiger partial charge in [0.2, 0.25) is 5.91 Å². The fourth-order valence-electron chi connectivity index (χ4n) is 1.44. The summed E-state index contributed by atoms with van der Waals surface area (Å²) in [6.45, 7) is 2.53. The standard InChI is InChI=1S/C8H12N4O2/c1-5-4-7(11-14-5)12-3-2-6(10-12)8(9)13/h4,6,10H,2-3H2,1H3,(H2,9,13). The zero-order valence-electron chi connectivity index (χ0n) is 7.86. The van der Waals surface area contributed by atoms with Gasteiger partial charge in [0.25, 0.3) is 0 Å². The Morgan fingerprint density at radius 1 is 1.86 bits per heavy atom. The molecule has 0 radical (unpaired) electrons. The van der Waals surface area contributed by atoms with Crippen LogP contribution in [0.5, 0.6) is 0 Å². The molecule has 1 aliphatic heterocycles. The number of nitrogens with zero attached hydrogens (tertiary/aromatic N) is 2. The molecule has 1 aromatic rings. The summed E-state index contributed by atoms with van der Waals surface area (Å²) in [4.78, 5) is 10.9. The summed E-state index contributed by atoms with van der Waals surface area (Å²) in [7, 11) is 0. The Morgan fingerprint density at radius 2 is 2.64 bits per heavy atom. The first-order chi connectivity index (χ1) is 6.66. The molecule has 0 aromatic carbocycles. The molecule has 76 valence electrons. The highest BCUT2D eigenvalue weighted by Gasteiger charge is 2.27. The summed E-state index contributed by atoms with van der Waals surface area (Å²) in [6, 6.07) is 1.50. The minimum atomic E-state index is -0.340. The van der Waals surface area contributed by atoms with E-state index >= 15 is 0 Å². The number of hydrazine groups is 1. The van der Waals surface area contributed by atoms with Crippen molar-refractivity contribution in [3.8, 4) is 0 Å². The van der Waals surface area contributed by atoms with Gasteiger partial charge in [-0.1, -0.05) is 5.16 Å². The van der Waals surface area contributed by atoms with Gasteiger partial charge in [0.1, 0.15) is 11.8 Å². The average Bonchev–Trinajstić information content (AvgIpc) is 2.70. The predicted molar refractivity (Wildman–Crippen MR) is 49.3 cm³/mol. The first-order valence-corrected chi connectivity index (χ1v) is 4.43. The van der Waals surface area contributed by atoms with Crippen LogP contribution in [-0.2, 0) is 4.79 Å². The third-order valence-corrected chi connectivity index (χ3v) is 2.19. The molecule has 1 atom stereocenters. The quantitative estimate of drug-likeness (QED) is 0.669.